The molecule has 5 rings (SSSR count). The van der Waals surface area contributed by atoms with Crippen molar-refractivity contribution in [3.8, 4) is 0 Å². The van der Waals surface area contributed by atoms with E-state index in [2.05, 4.69) is 21.3 Å². The zero-order valence-corrected chi connectivity index (χ0v) is 26.0. The average Bonchev–Trinajstić information content (AvgIpc) is 3.56. The summed E-state index contributed by atoms with van der Waals surface area (Å²) in [5, 5.41) is 9.94. The van der Waals surface area contributed by atoms with E-state index in [-0.39, 0.29) is 0 Å². The van der Waals surface area contributed by atoms with Gasteiger partial charge in [-0.3, -0.25) is 19.2 Å². The third-order valence-electron chi connectivity index (χ3n) is 8.57. The van der Waals surface area contributed by atoms with Gasteiger partial charge in [0.25, 0.3) is 11.8 Å². The molecule has 0 saturated carbocycles. The minimum absolute atomic E-state index is 0.539. The van der Waals surface area contributed by atoms with Crippen LogP contribution in [0.15, 0.2) is 0 Å². The standard InChI is InChI=1S/C28H42F2N4O10/c1-11(2)15-19(35)31-9-13-28(30,18-22(39-13)44-26(7,8)42-18)24(38)34-16(12(3)4)20(36)32-10-14-27(29,23(37)33-15)17-21(40-14)43-25(5,6)41-17/h11-18,21-22H,9-10H2,1-8H3,(H,31,35)(H,32,36)(H,33,37)(H,34,38)/t13-,14-,15+,16+,17+,18+,21-,22-,27+,28+/m1/s1. The van der Waals surface area contributed by atoms with Gasteiger partial charge >= 0.3 is 0 Å². The van der Waals surface area contributed by atoms with E-state index in [1.807, 2.05) is 0 Å². The third-order valence-corrected chi connectivity index (χ3v) is 8.57. The van der Waals surface area contributed by atoms with Gasteiger partial charge in [-0.2, -0.15) is 0 Å². The van der Waals surface area contributed by atoms with E-state index in [0.717, 1.165) is 0 Å². The Bertz CT molecular complexity index is 1110. The van der Waals surface area contributed by atoms with Crippen LogP contribution in [-0.2, 0) is 47.6 Å². The number of hydrogen-bond donors (Lipinski definition) is 4. The lowest BCUT2D eigenvalue weighted by molar-refractivity contribution is -0.219. The molecule has 5 aliphatic heterocycles. The van der Waals surface area contributed by atoms with Crippen molar-refractivity contribution in [2.75, 3.05) is 13.1 Å². The van der Waals surface area contributed by atoms with Gasteiger partial charge in [-0.15, -0.1) is 0 Å². The maximum Gasteiger partial charge on any atom is 0.264 e. The lowest BCUT2D eigenvalue weighted by atomic mass is 9.90. The minimum atomic E-state index is -2.89. The number of carbonyl (C=O) groups excluding carboxylic acids is 4. The summed E-state index contributed by atoms with van der Waals surface area (Å²) in [4.78, 5) is 54.2. The number of rotatable bonds is 2. The van der Waals surface area contributed by atoms with Gasteiger partial charge in [0.1, 0.15) is 24.3 Å². The van der Waals surface area contributed by atoms with Gasteiger partial charge < -0.3 is 49.7 Å². The van der Waals surface area contributed by atoms with Crippen molar-refractivity contribution >= 4 is 23.6 Å². The zero-order chi connectivity index (χ0) is 32.6. The molecule has 16 heteroatoms. The highest BCUT2D eigenvalue weighted by Gasteiger charge is 2.70. The van der Waals surface area contributed by atoms with Crippen molar-refractivity contribution < 1.29 is 56.4 Å². The number of alkyl halides is 2. The molecule has 0 bridgehead atoms. The highest BCUT2D eigenvalue weighted by Crippen LogP contribution is 2.47. The normalized spacial score (nSPS) is 43.9. The predicted octanol–water partition coefficient (Wildman–Crippen LogP) is -0.317. The van der Waals surface area contributed by atoms with Gasteiger partial charge in [-0.05, 0) is 39.5 Å². The SMILES string of the molecule is CC(C)[C@@H]1NC(=O)[C@]2(F)[C@@H](CNC(=O)[C@H](C(C)C)NC(=O)[C@]3(F)[C@@H](CNC1=O)O[C@@H]1OC(C)(C)O[C@@H]13)O[C@@H]1OC(C)(C)O[C@@H]12. The van der Waals surface area contributed by atoms with Gasteiger partial charge in [0.05, 0.1) is 0 Å². The Kier molecular flexibility index (Phi) is 8.28. The topological polar surface area (TPSA) is 172 Å². The van der Waals surface area contributed by atoms with Crippen LogP contribution in [-0.4, -0.2) is 109 Å². The molecule has 0 unspecified atom stereocenters. The van der Waals surface area contributed by atoms with Crippen molar-refractivity contribution in [2.45, 2.75) is 127 Å². The first kappa shape index (κ1) is 32.9. The van der Waals surface area contributed by atoms with Crippen LogP contribution in [0.25, 0.3) is 0 Å². The molecule has 10 atom stereocenters. The molecule has 5 heterocycles. The van der Waals surface area contributed by atoms with E-state index < -0.39 is 121 Å². The largest absolute Gasteiger partial charge is 0.352 e. The third kappa shape index (κ3) is 5.47. The molecule has 0 spiro atoms. The van der Waals surface area contributed by atoms with E-state index in [0.29, 0.717) is 0 Å². The van der Waals surface area contributed by atoms with E-state index in [9.17, 15) is 19.2 Å². The quantitative estimate of drug-likeness (QED) is 0.316. The average molecular weight is 633 g/mol. The fourth-order valence-corrected chi connectivity index (χ4v) is 6.24. The molecule has 4 N–H and O–H groups in total. The first-order valence-electron chi connectivity index (χ1n) is 14.9. The Morgan fingerprint density at radius 1 is 0.636 bits per heavy atom. The molecule has 0 aromatic carbocycles. The molecule has 0 aliphatic carbocycles. The summed E-state index contributed by atoms with van der Waals surface area (Å²) < 4.78 is 68.2. The number of halogens is 2. The molecular formula is C28H42F2N4O10. The number of fused-ring (bicyclic) bond motifs is 6. The first-order valence-corrected chi connectivity index (χ1v) is 14.9. The second kappa shape index (κ2) is 11.1. The van der Waals surface area contributed by atoms with Gasteiger partial charge in [0, 0.05) is 13.1 Å². The van der Waals surface area contributed by atoms with Crippen LogP contribution < -0.4 is 21.3 Å². The maximum absolute atomic E-state index is 17.0. The van der Waals surface area contributed by atoms with Crippen molar-refractivity contribution in [2.24, 2.45) is 11.8 Å². The van der Waals surface area contributed by atoms with Gasteiger partial charge in [-0.25, -0.2) is 8.78 Å². The molecule has 5 aliphatic rings. The molecule has 0 aromatic heterocycles. The molecular weight excluding hydrogens is 590 g/mol. The van der Waals surface area contributed by atoms with Gasteiger partial charge in [-0.1, -0.05) is 27.7 Å². The minimum Gasteiger partial charge on any atom is -0.352 e. The van der Waals surface area contributed by atoms with Crippen LogP contribution >= 0.6 is 0 Å². The lowest BCUT2D eigenvalue weighted by Crippen LogP contribution is -2.65. The van der Waals surface area contributed by atoms with E-state index in [1.165, 1.54) is 27.7 Å². The predicted molar refractivity (Wildman–Crippen MR) is 145 cm³/mol. The lowest BCUT2D eigenvalue weighted by Gasteiger charge is -2.35. The van der Waals surface area contributed by atoms with Crippen molar-refractivity contribution in [3.05, 3.63) is 0 Å². The van der Waals surface area contributed by atoms with Crippen LogP contribution in [0.5, 0.6) is 0 Å². The highest BCUT2D eigenvalue weighted by atomic mass is 19.1. The number of hydrogen-bond acceptors (Lipinski definition) is 10. The molecule has 0 radical (unpaired) electrons. The molecule has 44 heavy (non-hydrogen) atoms. The summed E-state index contributed by atoms with van der Waals surface area (Å²) in [5.41, 5.74) is -5.79. The summed E-state index contributed by atoms with van der Waals surface area (Å²) in [7, 11) is 0. The Morgan fingerprint density at radius 3 is 1.30 bits per heavy atom. The van der Waals surface area contributed by atoms with Crippen LogP contribution in [0.2, 0.25) is 0 Å². The smallest absolute Gasteiger partial charge is 0.264 e. The fourth-order valence-electron chi connectivity index (χ4n) is 6.24. The van der Waals surface area contributed by atoms with Crippen LogP contribution in [0.3, 0.4) is 0 Å². The second-order valence-corrected chi connectivity index (χ2v) is 13.5. The summed E-state index contributed by atoms with van der Waals surface area (Å²) in [6.07, 6.45) is -8.81. The second-order valence-electron chi connectivity index (χ2n) is 13.5. The number of amides is 4. The molecule has 0 aromatic rings. The van der Waals surface area contributed by atoms with Crippen LogP contribution in [0.1, 0.15) is 55.4 Å². The maximum atomic E-state index is 17.0. The van der Waals surface area contributed by atoms with E-state index in [1.54, 1.807) is 27.7 Å². The highest BCUT2D eigenvalue weighted by molar-refractivity contribution is 5.94. The van der Waals surface area contributed by atoms with E-state index in [4.69, 9.17) is 28.4 Å². The van der Waals surface area contributed by atoms with Crippen LogP contribution in [0.4, 0.5) is 8.78 Å². The molecule has 248 valence electrons. The Morgan fingerprint density at radius 2 is 0.977 bits per heavy atom. The molecule has 14 nitrogen and oxygen atoms in total. The monoisotopic (exact) mass is 632 g/mol. The number of carbonyl (C=O) groups is 4. The number of ether oxygens (including phenoxy) is 6. The van der Waals surface area contributed by atoms with Gasteiger partial charge in [0.15, 0.2) is 36.4 Å². The molecule has 5 fully saturated rings. The Labute approximate surface area is 253 Å². The summed E-state index contributed by atoms with van der Waals surface area (Å²) in [6.45, 7) is 11.5. The fraction of sp³-hybridized carbons (Fsp3) is 0.857. The van der Waals surface area contributed by atoms with Gasteiger partial charge in [0.2, 0.25) is 23.2 Å². The summed E-state index contributed by atoms with van der Waals surface area (Å²) >= 11 is 0. The van der Waals surface area contributed by atoms with E-state index >= 15 is 8.78 Å². The summed E-state index contributed by atoms with van der Waals surface area (Å²) in [6, 6.07) is -2.60. The zero-order valence-electron chi connectivity index (χ0n) is 26.0. The van der Waals surface area contributed by atoms with Crippen LogP contribution in [0, 0.1) is 11.8 Å². The van der Waals surface area contributed by atoms with Crippen molar-refractivity contribution in [1.29, 1.82) is 0 Å². The van der Waals surface area contributed by atoms with Crippen molar-refractivity contribution in [3.63, 3.8) is 0 Å². The molecule has 5 saturated heterocycles. The van der Waals surface area contributed by atoms with Crippen molar-refractivity contribution in [1.82, 2.24) is 21.3 Å². The Balaban J connectivity index is 1.50. The molecule has 4 amide bonds. The number of nitrogens with one attached hydrogen (secondary N) is 4. The summed E-state index contributed by atoms with van der Waals surface area (Å²) in [5.74, 6) is -7.65. The first-order chi connectivity index (χ1) is 20.3. The Hall–Kier alpha value is -2.50.